The van der Waals surface area contributed by atoms with Crippen LogP contribution in [-0.4, -0.2) is 30.7 Å². The first-order valence-electron chi connectivity index (χ1n) is 5.42. The molecule has 0 spiro atoms. The average Bonchev–Trinajstić information content (AvgIpc) is 2.11. The van der Waals surface area contributed by atoms with Crippen molar-refractivity contribution in [2.45, 2.75) is 53.1 Å². The average molecular weight is 186 g/mol. The molecule has 0 amide bonds. The standard InChI is InChI=1S/C11H26N2/c1-7-10(4)11(5)13(6)8-12-9(2)3/h9-12H,7-8H2,1-6H3. The van der Waals surface area contributed by atoms with Crippen molar-refractivity contribution in [3.63, 3.8) is 0 Å². The summed E-state index contributed by atoms with van der Waals surface area (Å²) in [7, 11) is 2.19. The van der Waals surface area contributed by atoms with Gasteiger partial charge in [0.05, 0.1) is 0 Å². The van der Waals surface area contributed by atoms with Crippen LogP contribution in [0.1, 0.15) is 41.0 Å². The van der Waals surface area contributed by atoms with E-state index in [1.807, 2.05) is 0 Å². The smallest absolute Gasteiger partial charge is 0.0482 e. The van der Waals surface area contributed by atoms with Gasteiger partial charge in [-0.2, -0.15) is 0 Å². The summed E-state index contributed by atoms with van der Waals surface area (Å²) in [4.78, 5) is 2.38. The molecular weight excluding hydrogens is 160 g/mol. The molecule has 0 heterocycles. The van der Waals surface area contributed by atoms with Gasteiger partial charge in [0, 0.05) is 18.8 Å². The lowest BCUT2D eigenvalue weighted by molar-refractivity contribution is 0.178. The maximum absolute atomic E-state index is 3.43. The van der Waals surface area contributed by atoms with Gasteiger partial charge in [-0.1, -0.05) is 20.3 Å². The lowest BCUT2D eigenvalue weighted by Gasteiger charge is -2.30. The Morgan fingerprint density at radius 2 is 1.69 bits per heavy atom. The number of rotatable bonds is 6. The molecule has 13 heavy (non-hydrogen) atoms. The van der Waals surface area contributed by atoms with Gasteiger partial charge in [0.1, 0.15) is 0 Å². The zero-order valence-corrected chi connectivity index (χ0v) is 10.1. The zero-order valence-electron chi connectivity index (χ0n) is 10.1. The third kappa shape index (κ3) is 5.27. The molecule has 2 atom stereocenters. The van der Waals surface area contributed by atoms with E-state index in [9.17, 15) is 0 Å². The Hall–Kier alpha value is -0.0800. The highest BCUT2D eigenvalue weighted by Crippen LogP contribution is 2.11. The Morgan fingerprint density at radius 3 is 2.08 bits per heavy atom. The number of nitrogens with zero attached hydrogens (tertiary/aromatic N) is 1. The third-order valence-electron chi connectivity index (χ3n) is 2.91. The molecule has 0 aromatic rings. The highest BCUT2D eigenvalue weighted by Gasteiger charge is 2.14. The van der Waals surface area contributed by atoms with E-state index in [0.717, 1.165) is 12.6 Å². The zero-order chi connectivity index (χ0) is 10.4. The largest absolute Gasteiger partial charge is 0.302 e. The molecule has 0 aliphatic carbocycles. The topological polar surface area (TPSA) is 15.3 Å². The normalized spacial score (nSPS) is 16.6. The molecule has 0 bridgehead atoms. The van der Waals surface area contributed by atoms with E-state index in [2.05, 4.69) is 51.9 Å². The minimum atomic E-state index is 0.576. The van der Waals surface area contributed by atoms with Gasteiger partial charge in [0.25, 0.3) is 0 Å². The van der Waals surface area contributed by atoms with Crippen LogP contribution in [-0.2, 0) is 0 Å². The Labute approximate surface area is 83.7 Å². The van der Waals surface area contributed by atoms with Crippen molar-refractivity contribution >= 4 is 0 Å². The van der Waals surface area contributed by atoms with Gasteiger partial charge < -0.3 is 5.32 Å². The lowest BCUT2D eigenvalue weighted by Crippen LogP contribution is -2.42. The van der Waals surface area contributed by atoms with Gasteiger partial charge in [-0.3, -0.25) is 4.90 Å². The molecule has 0 rings (SSSR count). The monoisotopic (exact) mass is 186 g/mol. The molecule has 2 unspecified atom stereocenters. The summed E-state index contributed by atoms with van der Waals surface area (Å²) in [5.74, 6) is 0.777. The molecule has 0 saturated heterocycles. The van der Waals surface area contributed by atoms with E-state index in [0.29, 0.717) is 12.1 Å². The van der Waals surface area contributed by atoms with Crippen LogP contribution < -0.4 is 5.32 Å². The van der Waals surface area contributed by atoms with Gasteiger partial charge in [-0.15, -0.1) is 0 Å². The molecule has 80 valence electrons. The summed E-state index contributed by atoms with van der Waals surface area (Å²) in [6.45, 7) is 12.2. The Morgan fingerprint density at radius 1 is 1.15 bits per heavy atom. The first-order chi connectivity index (χ1) is 5.99. The summed E-state index contributed by atoms with van der Waals surface area (Å²) in [5.41, 5.74) is 0. The fourth-order valence-corrected chi connectivity index (χ4v) is 1.25. The number of hydrogen-bond acceptors (Lipinski definition) is 2. The first kappa shape index (κ1) is 12.9. The van der Waals surface area contributed by atoms with Crippen LogP contribution in [0.3, 0.4) is 0 Å². The van der Waals surface area contributed by atoms with E-state index in [-0.39, 0.29) is 0 Å². The van der Waals surface area contributed by atoms with E-state index in [1.54, 1.807) is 0 Å². The van der Waals surface area contributed by atoms with Crippen LogP contribution in [0.4, 0.5) is 0 Å². The summed E-state index contributed by atoms with van der Waals surface area (Å²) in [5, 5.41) is 3.43. The maximum atomic E-state index is 3.43. The van der Waals surface area contributed by atoms with Crippen molar-refractivity contribution in [3.05, 3.63) is 0 Å². The molecular formula is C11H26N2. The summed E-state index contributed by atoms with van der Waals surface area (Å²) >= 11 is 0. The quantitative estimate of drug-likeness (QED) is 0.640. The molecule has 0 fully saturated rings. The van der Waals surface area contributed by atoms with Crippen LogP contribution in [0.2, 0.25) is 0 Å². The second-order valence-electron chi connectivity index (χ2n) is 4.40. The minimum Gasteiger partial charge on any atom is -0.302 e. The summed E-state index contributed by atoms with van der Waals surface area (Å²) in [6, 6.07) is 1.24. The minimum absolute atomic E-state index is 0.576. The van der Waals surface area contributed by atoms with Gasteiger partial charge in [0.15, 0.2) is 0 Å². The summed E-state index contributed by atoms with van der Waals surface area (Å²) < 4.78 is 0. The van der Waals surface area contributed by atoms with Crippen molar-refractivity contribution < 1.29 is 0 Å². The van der Waals surface area contributed by atoms with Crippen molar-refractivity contribution in [3.8, 4) is 0 Å². The molecule has 0 aromatic heterocycles. The predicted octanol–water partition coefficient (Wildman–Crippen LogP) is 2.31. The molecule has 0 aliphatic heterocycles. The highest BCUT2D eigenvalue weighted by atomic mass is 15.2. The van der Waals surface area contributed by atoms with E-state index in [1.165, 1.54) is 6.42 Å². The van der Waals surface area contributed by atoms with Crippen LogP contribution >= 0.6 is 0 Å². The van der Waals surface area contributed by atoms with Crippen LogP contribution in [0.15, 0.2) is 0 Å². The maximum Gasteiger partial charge on any atom is 0.0482 e. The molecule has 0 aliphatic rings. The van der Waals surface area contributed by atoms with E-state index in [4.69, 9.17) is 0 Å². The van der Waals surface area contributed by atoms with E-state index < -0.39 is 0 Å². The Kier molecular flexibility index (Phi) is 6.35. The fraction of sp³-hybridized carbons (Fsp3) is 1.00. The summed E-state index contributed by atoms with van der Waals surface area (Å²) in [6.07, 6.45) is 1.26. The SMILES string of the molecule is CCC(C)C(C)N(C)CNC(C)C. The molecule has 0 aromatic carbocycles. The van der Waals surface area contributed by atoms with Gasteiger partial charge in [-0.25, -0.2) is 0 Å². The Bertz CT molecular complexity index is 123. The third-order valence-corrected chi connectivity index (χ3v) is 2.91. The lowest BCUT2D eigenvalue weighted by atomic mass is 10.0. The molecule has 2 heteroatoms. The molecule has 2 nitrogen and oxygen atoms in total. The van der Waals surface area contributed by atoms with E-state index >= 15 is 0 Å². The highest BCUT2D eigenvalue weighted by molar-refractivity contribution is 4.68. The van der Waals surface area contributed by atoms with Crippen LogP contribution in [0, 0.1) is 5.92 Å². The first-order valence-corrected chi connectivity index (χ1v) is 5.42. The molecule has 0 saturated carbocycles. The second-order valence-corrected chi connectivity index (χ2v) is 4.40. The van der Waals surface area contributed by atoms with Crippen LogP contribution in [0.5, 0.6) is 0 Å². The van der Waals surface area contributed by atoms with Crippen molar-refractivity contribution in [2.75, 3.05) is 13.7 Å². The van der Waals surface area contributed by atoms with Crippen LogP contribution in [0.25, 0.3) is 0 Å². The Balaban J connectivity index is 3.74. The van der Waals surface area contributed by atoms with Gasteiger partial charge in [-0.05, 0) is 33.7 Å². The van der Waals surface area contributed by atoms with Gasteiger partial charge >= 0.3 is 0 Å². The number of nitrogens with one attached hydrogen (secondary N) is 1. The van der Waals surface area contributed by atoms with Crippen molar-refractivity contribution in [1.82, 2.24) is 10.2 Å². The molecule has 1 N–H and O–H groups in total. The second kappa shape index (κ2) is 6.39. The predicted molar refractivity (Wildman–Crippen MR) is 59.8 cm³/mol. The van der Waals surface area contributed by atoms with Crippen molar-refractivity contribution in [2.24, 2.45) is 5.92 Å². The fourth-order valence-electron chi connectivity index (χ4n) is 1.25. The van der Waals surface area contributed by atoms with Gasteiger partial charge in [0.2, 0.25) is 0 Å². The van der Waals surface area contributed by atoms with Crippen molar-refractivity contribution in [1.29, 1.82) is 0 Å². The number of hydrogen-bond donors (Lipinski definition) is 1. The molecule has 0 radical (unpaired) electrons.